The molecular formula is C16H23N3. The zero-order valence-corrected chi connectivity index (χ0v) is 12.3. The van der Waals surface area contributed by atoms with Crippen molar-refractivity contribution in [2.75, 3.05) is 0 Å². The molecule has 1 aromatic carbocycles. The van der Waals surface area contributed by atoms with Crippen LogP contribution in [0.1, 0.15) is 42.4 Å². The molecule has 2 rings (SSSR count). The number of hydrogen-bond donors (Lipinski definition) is 1. The van der Waals surface area contributed by atoms with Crippen molar-refractivity contribution in [3.63, 3.8) is 0 Å². The Balaban J connectivity index is 1.97. The van der Waals surface area contributed by atoms with E-state index in [9.17, 15) is 0 Å². The number of rotatable bonds is 5. The van der Waals surface area contributed by atoms with Crippen molar-refractivity contribution >= 4 is 0 Å². The molecule has 0 saturated heterocycles. The standard InChI is InChI=1S/C16H23N3/c1-5-15-10-16(19(4)18-15)11-17-13(3)14-8-6-12(2)7-9-14/h6-10,13,17H,5,11H2,1-4H3/t13-/m0/s1. The predicted molar refractivity (Wildman–Crippen MR) is 79.0 cm³/mol. The number of aryl methyl sites for hydroxylation is 3. The van der Waals surface area contributed by atoms with E-state index in [1.165, 1.54) is 16.8 Å². The van der Waals surface area contributed by atoms with Gasteiger partial charge in [-0.25, -0.2) is 0 Å². The molecule has 2 aromatic rings. The second kappa shape index (κ2) is 6.02. The highest BCUT2D eigenvalue weighted by Crippen LogP contribution is 2.14. The normalized spacial score (nSPS) is 12.6. The second-order valence-corrected chi connectivity index (χ2v) is 5.12. The second-order valence-electron chi connectivity index (χ2n) is 5.12. The fraction of sp³-hybridized carbons (Fsp3) is 0.438. The summed E-state index contributed by atoms with van der Waals surface area (Å²) in [5.74, 6) is 0. The summed E-state index contributed by atoms with van der Waals surface area (Å²) in [5, 5.41) is 8.02. The molecule has 0 spiro atoms. The van der Waals surface area contributed by atoms with E-state index >= 15 is 0 Å². The third kappa shape index (κ3) is 3.44. The van der Waals surface area contributed by atoms with E-state index in [1.807, 2.05) is 11.7 Å². The maximum absolute atomic E-state index is 4.47. The average molecular weight is 257 g/mol. The summed E-state index contributed by atoms with van der Waals surface area (Å²) in [4.78, 5) is 0. The van der Waals surface area contributed by atoms with Gasteiger partial charge in [0, 0.05) is 19.6 Å². The van der Waals surface area contributed by atoms with Crippen LogP contribution in [0.15, 0.2) is 30.3 Å². The first-order valence-electron chi connectivity index (χ1n) is 6.92. The topological polar surface area (TPSA) is 29.9 Å². The summed E-state index contributed by atoms with van der Waals surface area (Å²) in [6, 6.07) is 11.2. The summed E-state index contributed by atoms with van der Waals surface area (Å²) >= 11 is 0. The van der Waals surface area contributed by atoms with E-state index < -0.39 is 0 Å². The van der Waals surface area contributed by atoms with Crippen molar-refractivity contribution in [2.24, 2.45) is 7.05 Å². The van der Waals surface area contributed by atoms with Gasteiger partial charge in [0.2, 0.25) is 0 Å². The zero-order chi connectivity index (χ0) is 13.8. The number of nitrogens with one attached hydrogen (secondary N) is 1. The molecule has 3 nitrogen and oxygen atoms in total. The molecule has 1 N–H and O–H groups in total. The molecule has 0 radical (unpaired) electrons. The van der Waals surface area contributed by atoms with Gasteiger partial charge in [0.15, 0.2) is 0 Å². The quantitative estimate of drug-likeness (QED) is 0.891. The Morgan fingerprint density at radius 3 is 2.53 bits per heavy atom. The number of nitrogens with zero attached hydrogens (tertiary/aromatic N) is 2. The highest BCUT2D eigenvalue weighted by Gasteiger charge is 2.07. The van der Waals surface area contributed by atoms with Crippen molar-refractivity contribution in [1.82, 2.24) is 15.1 Å². The fourth-order valence-electron chi connectivity index (χ4n) is 2.14. The minimum Gasteiger partial charge on any atom is -0.305 e. The molecular weight excluding hydrogens is 234 g/mol. The molecule has 0 bridgehead atoms. The molecule has 0 saturated carbocycles. The SMILES string of the molecule is CCc1cc(CN[C@@H](C)c2ccc(C)cc2)n(C)n1. The Bertz CT molecular complexity index is 525. The minimum absolute atomic E-state index is 0.348. The molecule has 1 aromatic heterocycles. The van der Waals surface area contributed by atoms with Gasteiger partial charge in [-0.2, -0.15) is 5.10 Å². The lowest BCUT2D eigenvalue weighted by atomic mass is 10.1. The maximum atomic E-state index is 4.47. The highest BCUT2D eigenvalue weighted by atomic mass is 15.3. The van der Waals surface area contributed by atoms with Crippen molar-refractivity contribution in [1.29, 1.82) is 0 Å². The van der Waals surface area contributed by atoms with Gasteiger partial charge in [-0.15, -0.1) is 0 Å². The summed E-state index contributed by atoms with van der Waals surface area (Å²) in [6.45, 7) is 7.29. The van der Waals surface area contributed by atoms with E-state index in [0.717, 1.165) is 18.7 Å². The van der Waals surface area contributed by atoms with E-state index in [0.29, 0.717) is 6.04 Å². The third-order valence-corrected chi connectivity index (χ3v) is 3.56. The highest BCUT2D eigenvalue weighted by molar-refractivity contribution is 5.23. The lowest BCUT2D eigenvalue weighted by Crippen LogP contribution is -2.19. The minimum atomic E-state index is 0.348. The molecule has 0 aliphatic rings. The van der Waals surface area contributed by atoms with Gasteiger partial charge in [-0.3, -0.25) is 4.68 Å². The van der Waals surface area contributed by atoms with E-state index in [2.05, 4.69) is 61.5 Å². The van der Waals surface area contributed by atoms with Gasteiger partial charge in [-0.1, -0.05) is 36.8 Å². The molecule has 0 amide bonds. The van der Waals surface area contributed by atoms with Crippen LogP contribution in [-0.4, -0.2) is 9.78 Å². The Labute approximate surface area is 115 Å². The van der Waals surface area contributed by atoms with Gasteiger partial charge in [0.1, 0.15) is 0 Å². The first-order valence-corrected chi connectivity index (χ1v) is 6.92. The van der Waals surface area contributed by atoms with Gasteiger partial charge >= 0.3 is 0 Å². The van der Waals surface area contributed by atoms with Crippen LogP contribution in [0.4, 0.5) is 0 Å². The Kier molecular flexibility index (Phi) is 4.38. The summed E-state index contributed by atoms with van der Waals surface area (Å²) in [6.07, 6.45) is 0.987. The Morgan fingerprint density at radius 2 is 1.95 bits per heavy atom. The predicted octanol–water partition coefficient (Wildman–Crippen LogP) is 3.14. The molecule has 1 heterocycles. The van der Waals surface area contributed by atoms with Crippen LogP contribution < -0.4 is 5.32 Å². The van der Waals surface area contributed by atoms with Gasteiger partial charge in [-0.05, 0) is 31.9 Å². The fourth-order valence-corrected chi connectivity index (χ4v) is 2.14. The van der Waals surface area contributed by atoms with Gasteiger partial charge in [0.25, 0.3) is 0 Å². The van der Waals surface area contributed by atoms with Crippen molar-refractivity contribution < 1.29 is 0 Å². The van der Waals surface area contributed by atoms with Crippen LogP contribution in [0.25, 0.3) is 0 Å². The molecule has 0 fully saturated rings. The van der Waals surface area contributed by atoms with Crippen LogP contribution in [0, 0.1) is 6.92 Å². The monoisotopic (exact) mass is 257 g/mol. The van der Waals surface area contributed by atoms with E-state index in [1.54, 1.807) is 0 Å². The lowest BCUT2D eigenvalue weighted by molar-refractivity contribution is 0.547. The lowest BCUT2D eigenvalue weighted by Gasteiger charge is -2.14. The average Bonchev–Trinajstić information content (AvgIpc) is 2.77. The Hall–Kier alpha value is -1.61. The Morgan fingerprint density at radius 1 is 1.26 bits per heavy atom. The molecule has 0 aliphatic heterocycles. The smallest absolute Gasteiger partial charge is 0.0625 e. The van der Waals surface area contributed by atoms with Crippen LogP contribution in [0.2, 0.25) is 0 Å². The van der Waals surface area contributed by atoms with Crippen LogP contribution in [-0.2, 0) is 20.0 Å². The van der Waals surface area contributed by atoms with Gasteiger partial charge in [0.05, 0.1) is 11.4 Å². The molecule has 3 heteroatoms. The molecule has 19 heavy (non-hydrogen) atoms. The third-order valence-electron chi connectivity index (χ3n) is 3.56. The van der Waals surface area contributed by atoms with Crippen molar-refractivity contribution in [3.05, 3.63) is 52.8 Å². The number of hydrogen-bond acceptors (Lipinski definition) is 2. The van der Waals surface area contributed by atoms with Crippen molar-refractivity contribution in [2.45, 2.75) is 39.8 Å². The molecule has 0 aliphatic carbocycles. The van der Waals surface area contributed by atoms with E-state index in [4.69, 9.17) is 0 Å². The van der Waals surface area contributed by atoms with Crippen molar-refractivity contribution in [3.8, 4) is 0 Å². The largest absolute Gasteiger partial charge is 0.305 e. The molecule has 0 unspecified atom stereocenters. The van der Waals surface area contributed by atoms with Crippen LogP contribution >= 0.6 is 0 Å². The van der Waals surface area contributed by atoms with Crippen LogP contribution in [0.5, 0.6) is 0 Å². The van der Waals surface area contributed by atoms with E-state index in [-0.39, 0.29) is 0 Å². The number of benzene rings is 1. The summed E-state index contributed by atoms with van der Waals surface area (Å²) in [7, 11) is 2.01. The summed E-state index contributed by atoms with van der Waals surface area (Å²) in [5.41, 5.74) is 5.01. The van der Waals surface area contributed by atoms with Gasteiger partial charge < -0.3 is 5.32 Å². The number of aromatic nitrogens is 2. The maximum Gasteiger partial charge on any atom is 0.0625 e. The first-order chi connectivity index (χ1) is 9.10. The zero-order valence-electron chi connectivity index (χ0n) is 12.3. The van der Waals surface area contributed by atoms with Crippen LogP contribution in [0.3, 0.4) is 0 Å². The molecule has 1 atom stereocenters. The summed E-state index contributed by atoms with van der Waals surface area (Å²) < 4.78 is 1.97. The molecule has 102 valence electrons. The first kappa shape index (κ1) is 13.8.